The molecule has 1 saturated heterocycles. The minimum atomic E-state index is -0.180. The zero-order valence-corrected chi connectivity index (χ0v) is 10.2. The number of hydrogen-bond acceptors (Lipinski definition) is 3. The topological polar surface area (TPSA) is 40.5 Å². The van der Waals surface area contributed by atoms with Gasteiger partial charge in [0.25, 0.3) is 0 Å². The third-order valence-electron chi connectivity index (χ3n) is 3.33. The normalized spacial score (nSPS) is 17.2. The van der Waals surface area contributed by atoms with Crippen LogP contribution in [0, 0.1) is 0 Å². The minimum absolute atomic E-state index is 0.180. The Morgan fingerprint density at radius 1 is 1.35 bits per heavy atom. The molecule has 1 fully saturated rings. The predicted molar refractivity (Wildman–Crippen MR) is 68.5 cm³/mol. The Kier molecular flexibility index (Phi) is 3.79. The van der Waals surface area contributed by atoms with Crippen molar-refractivity contribution in [1.82, 2.24) is 0 Å². The van der Waals surface area contributed by atoms with Crippen LogP contribution in [0.5, 0.6) is 0 Å². The second kappa shape index (κ2) is 5.32. The number of hydrogen-bond donors (Lipinski definition) is 1. The van der Waals surface area contributed by atoms with Gasteiger partial charge in [-0.3, -0.25) is 4.79 Å². The third kappa shape index (κ3) is 2.67. The highest BCUT2D eigenvalue weighted by molar-refractivity contribution is 6.01. The molecule has 1 aromatic rings. The van der Waals surface area contributed by atoms with Crippen molar-refractivity contribution in [2.45, 2.75) is 32.3 Å². The molecule has 0 aromatic heterocycles. The van der Waals surface area contributed by atoms with E-state index in [1.807, 2.05) is 31.2 Å². The van der Waals surface area contributed by atoms with Crippen LogP contribution in [0.3, 0.4) is 0 Å². The molecule has 17 heavy (non-hydrogen) atoms. The standard InChI is InChI=1S/C14H19NO2/c1-2-14(17)12-5-3-4-6-13(12)15-9-7-11(16)8-10-15/h3-6,11,16H,2,7-10H2,1H3. The van der Waals surface area contributed by atoms with E-state index >= 15 is 0 Å². The molecule has 1 N–H and O–H groups in total. The molecule has 0 saturated carbocycles. The summed E-state index contributed by atoms with van der Waals surface area (Å²) in [5.41, 5.74) is 1.83. The second-order valence-corrected chi connectivity index (χ2v) is 4.51. The van der Waals surface area contributed by atoms with E-state index in [1.165, 1.54) is 0 Å². The second-order valence-electron chi connectivity index (χ2n) is 4.51. The number of piperidine rings is 1. The fourth-order valence-electron chi connectivity index (χ4n) is 2.28. The number of anilines is 1. The Hall–Kier alpha value is -1.35. The Bertz CT molecular complexity index is 395. The molecule has 0 aliphatic carbocycles. The van der Waals surface area contributed by atoms with Gasteiger partial charge >= 0.3 is 0 Å². The number of nitrogens with zero attached hydrogens (tertiary/aromatic N) is 1. The molecule has 0 unspecified atom stereocenters. The molecule has 1 aromatic carbocycles. The van der Waals surface area contributed by atoms with Gasteiger partial charge in [0.05, 0.1) is 6.10 Å². The molecular formula is C14H19NO2. The largest absolute Gasteiger partial charge is 0.393 e. The summed E-state index contributed by atoms with van der Waals surface area (Å²) in [7, 11) is 0. The van der Waals surface area contributed by atoms with Crippen LogP contribution in [0.25, 0.3) is 0 Å². The van der Waals surface area contributed by atoms with E-state index in [9.17, 15) is 9.90 Å². The number of carbonyl (C=O) groups excluding carboxylic acids is 1. The zero-order valence-electron chi connectivity index (χ0n) is 10.2. The molecule has 0 radical (unpaired) electrons. The maximum atomic E-state index is 11.9. The molecule has 0 amide bonds. The van der Waals surface area contributed by atoms with Gasteiger partial charge in [-0.2, -0.15) is 0 Å². The van der Waals surface area contributed by atoms with Crippen molar-refractivity contribution < 1.29 is 9.90 Å². The molecule has 0 bridgehead atoms. The summed E-state index contributed by atoms with van der Waals surface area (Å²) in [5.74, 6) is 0.187. The van der Waals surface area contributed by atoms with Crippen LogP contribution in [0.2, 0.25) is 0 Å². The van der Waals surface area contributed by atoms with Gasteiger partial charge in [0, 0.05) is 30.8 Å². The van der Waals surface area contributed by atoms with E-state index in [2.05, 4.69) is 4.90 Å². The monoisotopic (exact) mass is 233 g/mol. The van der Waals surface area contributed by atoms with Crippen molar-refractivity contribution in [2.75, 3.05) is 18.0 Å². The predicted octanol–water partition coefficient (Wildman–Crippen LogP) is 2.24. The number of rotatable bonds is 3. The summed E-state index contributed by atoms with van der Waals surface area (Å²) < 4.78 is 0. The van der Waals surface area contributed by atoms with Crippen molar-refractivity contribution >= 4 is 11.5 Å². The lowest BCUT2D eigenvalue weighted by Gasteiger charge is -2.32. The van der Waals surface area contributed by atoms with Gasteiger partial charge in [0.1, 0.15) is 0 Å². The maximum absolute atomic E-state index is 11.9. The average Bonchev–Trinajstić information content (AvgIpc) is 2.39. The molecule has 1 aliphatic heterocycles. The van der Waals surface area contributed by atoms with Crippen LogP contribution in [0.15, 0.2) is 24.3 Å². The van der Waals surface area contributed by atoms with E-state index < -0.39 is 0 Å². The number of para-hydroxylation sites is 1. The van der Waals surface area contributed by atoms with E-state index in [1.54, 1.807) is 0 Å². The highest BCUT2D eigenvalue weighted by atomic mass is 16.3. The Balaban J connectivity index is 2.23. The lowest BCUT2D eigenvalue weighted by molar-refractivity contribution is 0.0988. The minimum Gasteiger partial charge on any atom is -0.393 e. The van der Waals surface area contributed by atoms with E-state index in [0.29, 0.717) is 6.42 Å². The van der Waals surface area contributed by atoms with Gasteiger partial charge < -0.3 is 10.0 Å². The Morgan fingerprint density at radius 2 is 2.00 bits per heavy atom. The lowest BCUT2D eigenvalue weighted by atomic mass is 10.0. The van der Waals surface area contributed by atoms with E-state index in [-0.39, 0.29) is 11.9 Å². The summed E-state index contributed by atoms with van der Waals surface area (Å²) in [5, 5.41) is 9.50. The highest BCUT2D eigenvalue weighted by Crippen LogP contribution is 2.25. The molecule has 3 nitrogen and oxygen atoms in total. The fourth-order valence-corrected chi connectivity index (χ4v) is 2.28. The molecular weight excluding hydrogens is 214 g/mol. The third-order valence-corrected chi connectivity index (χ3v) is 3.33. The summed E-state index contributed by atoms with van der Waals surface area (Å²) in [6.07, 6.45) is 1.93. The first-order valence-corrected chi connectivity index (χ1v) is 6.27. The number of benzene rings is 1. The van der Waals surface area contributed by atoms with Crippen molar-refractivity contribution in [1.29, 1.82) is 0 Å². The van der Waals surface area contributed by atoms with Crippen LogP contribution in [-0.2, 0) is 0 Å². The SMILES string of the molecule is CCC(=O)c1ccccc1N1CCC(O)CC1. The van der Waals surface area contributed by atoms with E-state index in [4.69, 9.17) is 0 Å². The van der Waals surface area contributed by atoms with Crippen molar-refractivity contribution in [3.05, 3.63) is 29.8 Å². The molecule has 3 heteroatoms. The van der Waals surface area contributed by atoms with Gasteiger partial charge in [-0.15, -0.1) is 0 Å². The summed E-state index contributed by atoms with van der Waals surface area (Å²) in [4.78, 5) is 14.1. The fraction of sp³-hybridized carbons (Fsp3) is 0.500. The van der Waals surface area contributed by atoms with Crippen molar-refractivity contribution in [2.24, 2.45) is 0 Å². The summed E-state index contributed by atoms with van der Waals surface area (Å²) >= 11 is 0. The van der Waals surface area contributed by atoms with Crippen molar-refractivity contribution in [3.8, 4) is 0 Å². The van der Waals surface area contributed by atoms with Crippen LogP contribution in [0.4, 0.5) is 5.69 Å². The van der Waals surface area contributed by atoms with Gasteiger partial charge in [0.15, 0.2) is 5.78 Å². The first-order chi connectivity index (χ1) is 8.22. The molecule has 92 valence electrons. The lowest BCUT2D eigenvalue weighted by Crippen LogP contribution is -2.36. The molecule has 0 spiro atoms. The molecule has 1 heterocycles. The van der Waals surface area contributed by atoms with E-state index in [0.717, 1.165) is 37.2 Å². The van der Waals surface area contributed by atoms with Crippen LogP contribution in [-0.4, -0.2) is 30.1 Å². The highest BCUT2D eigenvalue weighted by Gasteiger charge is 2.20. The van der Waals surface area contributed by atoms with Crippen LogP contribution >= 0.6 is 0 Å². The number of carbonyl (C=O) groups is 1. The van der Waals surface area contributed by atoms with Gasteiger partial charge in [-0.1, -0.05) is 19.1 Å². The maximum Gasteiger partial charge on any atom is 0.164 e. The molecule has 0 atom stereocenters. The van der Waals surface area contributed by atoms with Gasteiger partial charge in [-0.25, -0.2) is 0 Å². The zero-order chi connectivity index (χ0) is 12.3. The first-order valence-electron chi connectivity index (χ1n) is 6.27. The van der Waals surface area contributed by atoms with Crippen LogP contribution < -0.4 is 4.90 Å². The Morgan fingerprint density at radius 3 is 2.65 bits per heavy atom. The molecule has 2 rings (SSSR count). The number of ketones is 1. The molecule has 1 aliphatic rings. The quantitative estimate of drug-likeness (QED) is 0.814. The average molecular weight is 233 g/mol. The number of Topliss-reactive ketones (excluding diaryl/α,β-unsaturated/α-hetero) is 1. The summed E-state index contributed by atoms with van der Waals surface area (Å²) in [6, 6.07) is 7.77. The van der Waals surface area contributed by atoms with Gasteiger partial charge in [-0.05, 0) is 25.0 Å². The Labute approximate surface area is 102 Å². The van der Waals surface area contributed by atoms with Crippen LogP contribution in [0.1, 0.15) is 36.5 Å². The van der Waals surface area contributed by atoms with Crippen molar-refractivity contribution in [3.63, 3.8) is 0 Å². The first kappa shape index (κ1) is 12.1. The number of aliphatic hydroxyl groups excluding tert-OH is 1. The smallest absolute Gasteiger partial charge is 0.164 e. The number of aliphatic hydroxyl groups is 1. The van der Waals surface area contributed by atoms with Gasteiger partial charge in [0.2, 0.25) is 0 Å². The summed E-state index contributed by atoms with van der Waals surface area (Å²) in [6.45, 7) is 3.55.